The molecule has 1 unspecified atom stereocenters. The van der Waals surface area contributed by atoms with Crippen LogP contribution in [-0.2, 0) is 31.3 Å². The van der Waals surface area contributed by atoms with E-state index in [1.54, 1.807) is 36.6 Å². The SMILES string of the molecule is CC(C)OC(=O)CCCS(=O)(=O)c1cnc2n1C(C)(Cc1ccc(Br)cc1)CN2c1cc(Cl)cc(Cl)c1. The van der Waals surface area contributed by atoms with Crippen LogP contribution >= 0.6 is 39.1 Å². The molecule has 0 spiro atoms. The quantitative estimate of drug-likeness (QED) is 0.249. The molecule has 3 aromatic rings. The Morgan fingerprint density at radius 3 is 2.43 bits per heavy atom. The molecule has 0 amide bonds. The van der Waals surface area contributed by atoms with Gasteiger partial charge in [-0.05, 0) is 69.5 Å². The van der Waals surface area contributed by atoms with Crippen LogP contribution < -0.4 is 4.90 Å². The first-order valence-corrected chi connectivity index (χ1v) is 15.1. The highest BCUT2D eigenvalue weighted by Crippen LogP contribution is 2.43. The number of esters is 1. The zero-order chi connectivity index (χ0) is 27.0. The van der Waals surface area contributed by atoms with E-state index >= 15 is 0 Å². The molecule has 37 heavy (non-hydrogen) atoms. The van der Waals surface area contributed by atoms with E-state index in [4.69, 9.17) is 27.9 Å². The number of aromatic nitrogens is 2. The fraction of sp³-hybridized carbons (Fsp3) is 0.385. The number of ether oxygens (including phenoxy) is 1. The number of fused-ring (bicyclic) bond motifs is 1. The van der Waals surface area contributed by atoms with Crippen LogP contribution in [0, 0.1) is 0 Å². The van der Waals surface area contributed by atoms with Crippen LogP contribution in [0.4, 0.5) is 11.6 Å². The molecule has 0 fully saturated rings. The zero-order valence-corrected chi connectivity index (χ0v) is 24.7. The molecule has 0 bridgehead atoms. The Labute approximate surface area is 235 Å². The van der Waals surface area contributed by atoms with Crippen LogP contribution in [0.25, 0.3) is 0 Å². The number of anilines is 2. The molecule has 1 aromatic heterocycles. The molecule has 2 aromatic carbocycles. The molecule has 1 aliphatic heterocycles. The van der Waals surface area contributed by atoms with Crippen molar-refractivity contribution in [2.75, 3.05) is 17.2 Å². The number of hydrogen-bond donors (Lipinski definition) is 0. The maximum Gasteiger partial charge on any atom is 0.306 e. The summed E-state index contributed by atoms with van der Waals surface area (Å²) in [7, 11) is -3.75. The number of carbonyl (C=O) groups excluding carboxylic acids is 1. The van der Waals surface area contributed by atoms with Gasteiger partial charge in [0.05, 0.1) is 23.6 Å². The van der Waals surface area contributed by atoms with Crippen molar-refractivity contribution >= 4 is 66.6 Å². The van der Waals surface area contributed by atoms with E-state index in [9.17, 15) is 13.2 Å². The van der Waals surface area contributed by atoms with Crippen molar-refractivity contribution in [2.24, 2.45) is 0 Å². The Bertz CT molecular complexity index is 1390. The molecule has 2 heterocycles. The first-order chi connectivity index (χ1) is 17.4. The topological polar surface area (TPSA) is 81.5 Å². The first-order valence-electron chi connectivity index (χ1n) is 11.9. The number of imidazole rings is 1. The third kappa shape index (κ3) is 6.33. The number of benzene rings is 2. The largest absolute Gasteiger partial charge is 0.463 e. The maximum absolute atomic E-state index is 13.5. The number of rotatable bonds is 9. The highest BCUT2D eigenvalue weighted by Gasteiger charge is 2.44. The fourth-order valence-corrected chi connectivity index (χ4v) is 6.94. The van der Waals surface area contributed by atoms with E-state index in [2.05, 4.69) is 20.9 Å². The summed E-state index contributed by atoms with van der Waals surface area (Å²) >= 11 is 16.0. The van der Waals surface area contributed by atoms with Crippen LogP contribution in [0.5, 0.6) is 0 Å². The van der Waals surface area contributed by atoms with Crippen molar-refractivity contribution in [3.63, 3.8) is 0 Å². The maximum atomic E-state index is 13.5. The molecule has 198 valence electrons. The highest BCUT2D eigenvalue weighted by atomic mass is 79.9. The molecule has 4 rings (SSSR count). The van der Waals surface area contributed by atoms with E-state index in [0.717, 1.165) is 15.7 Å². The lowest BCUT2D eigenvalue weighted by molar-refractivity contribution is -0.147. The van der Waals surface area contributed by atoms with Crippen LogP contribution in [0.1, 0.15) is 39.2 Å². The second kappa shape index (κ2) is 11.0. The second-order valence-electron chi connectivity index (χ2n) is 9.71. The number of hydrogen-bond acceptors (Lipinski definition) is 6. The van der Waals surface area contributed by atoms with Crippen molar-refractivity contribution in [1.82, 2.24) is 9.55 Å². The lowest BCUT2D eigenvalue weighted by Gasteiger charge is -2.28. The van der Waals surface area contributed by atoms with Crippen LogP contribution in [0.15, 0.2) is 58.2 Å². The van der Waals surface area contributed by atoms with Gasteiger partial charge in [-0.1, -0.05) is 51.3 Å². The molecule has 1 aliphatic rings. The van der Waals surface area contributed by atoms with Gasteiger partial charge in [-0.25, -0.2) is 13.4 Å². The van der Waals surface area contributed by atoms with Gasteiger partial charge in [0.1, 0.15) is 0 Å². The lowest BCUT2D eigenvalue weighted by Crippen LogP contribution is -2.36. The Morgan fingerprint density at radius 2 is 1.81 bits per heavy atom. The van der Waals surface area contributed by atoms with E-state index < -0.39 is 21.3 Å². The van der Waals surface area contributed by atoms with Gasteiger partial charge in [-0.15, -0.1) is 0 Å². The molecule has 0 saturated carbocycles. The minimum absolute atomic E-state index is 0.0295. The van der Waals surface area contributed by atoms with E-state index in [-0.39, 0.29) is 29.7 Å². The van der Waals surface area contributed by atoms with Crippen LogP contribution in [0.3, 0.4) is 0 Å². The van der Waals surface area contributed by atoms with Gasteiger partial charge in [0.25, 0.3) is 0 Å². The van der Waals surface area contributed by atoms with Crippen LogP contribution in [-0.4, -0.2) is 42.3 Å². The van der Waals surface area contributed by atoms with Gasteiger partial charge in [0.15, 0.2) is 14.9 Å². The van der Waals surface area contributed by atoms with Crippen molar-refractivity contribution in [3.8, 4) is 0 Å². The Kier molecular flexibility index (Phi) is 8.28. The molecular formula is C26H28BrCl2N3O4S. The molecular weight excluding hydrogens is 601 g/mol. The number of sulfone groups is 1. The van der Waals surface area contributed by atoms with E-state index in [1.165, 1.54) is 6.20 Å². The lowest BCUT2D eigenvalue weighted by atomic mass is 9.93. The molecule has 7 nitrogen and oxygen atoms in total. The summed E-state index contributed by atoms with van der Waals surface area (Å²) in [5.41, 5.74) is 1.13. The van der Waals surface area contributed by atoms with Gasteiger partial charge in [0, 0.05) is 33.2 Å². The normalized spacial score (nSPS) is 17.3. The minimum atomic E-state index is -3.75. The summed E-state index contributed by atoms with van der Waals surface area (Å²) < 4.78 is 34.9. The van der Waals surface area contributed by atoms with Gasteiger partial charge < -0.3 is 9.64 Å². The van der Waals surface area contributed by atoms with Gasteiger partial charge in [0.2, 0.25) is 5.95 Å². The number of halogens is 3. The summed E-state index contributed by atoms with van der Waals surface area (Å²) in [6, 6.07) is 13.2. The Morgan fingerprint density at radius 1 is 1.16 bits per heavy atom. The first kappa shape index (κ1) is 28.0. The highest BCUT2D eigenvalue weighted by molar-refractivity contribution is 9.10. The standard InChI is InChI=1S/C26H28BrCl2N3O4S/c1-17(2)36-24(33)5-4-10-37(34,35)23-15-30-25-31(22-12-20(28)11-21(29)13-22)16-26(3,32(23)25)14-18-6-8-19(27)9-7-18/h6-9,11-13,15,17H,4-5,10,14,16H2,1-3H3. The van der Waals surface area contributed by atoms with Gasteiger partial charge >= 0.3 is 5.97 Å². The number of nitrogens with zero attached hydrogens (tertiary/aromatic N) is 3. The predicted molar refractivity (Wildman–Crippen MR) is 150 cm³/mol. The summed E-state index contributed by atoms with van der Waals surface area (Å²) in [5, 5.41) is 1.07. The minimum Gasteiger partial charge on any atom is -0.463 e. The van der Waals surface area contributed by atoms with Gasteiger partial charge in [-0.3, -0.25) is 9.36 Å². The molecule has 1 atom stereocenters. The van der Waals surface area contributed by atoms with E-state index in [1.807, 2.05) is 36.1 Å². The van der Waals surface area contributed by atoms with Crippen molar-refractivity contribution < 1.29 is 17.9 Å². The molecule has 0 saturated heterocycles. The molecule has 0 aliphatic carbocycles. The predicted octanol–water partition coefficient (Wildman–Crippen LogP) is 6.57. The summed E-state index contributed by atoms with van der Waals surface area (Å²) in [6.45, 7) is 6.00. The van der Waals surface area contributed by atoms with E-state index in [0.29, 0.717) is 29.0 Å². The third-order valence-electron chi connectivity index (χ3n) is 6.13. The molecule has 11 heteroatoms. The average molecular weight is 629 g/mol. The zero-order valence-electron chi connectivity index (χ0n) is 20.7. The Hall–Kier alpha value is -2.07. The van der Waals surface area contributed by atoms with Crippen molar-refractivity contribution in [1.29, 1.82) is 0 Å². The summed E-state index contributed by atoms with van der Waals surface area (Å²) in [5.74, 6) is -0.105. The van der Waals surface area contributed by atoms with Crippen molar-refractivity contribution in [2.45, 2.75) is 56.7 Å². The molecule has 0 radical (unpaired) electrons. The Balaban J connectivity index is 1.71. The number of carbonyl (C=O) groups is 1. The van der Waals surface area contributed by atoms with Crippen LogP contribution in [0.2, 0.25) is 10.0 Å². The monoisotopic (exact) mass is 627 g/mol. The summed E-state index contributed by atoms with van der Waals surface area (Å²) in [4.78, 5) is 18.4. The molecule has 0 N–H and O–H groups in total. The summed E-state index contributed by atoms with van der Waals surface area (Å²) in [6.07, 6.45) is 1.91. The van der Waals surface area contributed by atoms with Gasteiger partial charge in [-0.2, -0.15) is 0 Å². The smallest absolute Gasteiger partial charge is 0.306 e. The third-order valence-corrected chi connectivity index (χ3v) is 8.84. The van der Waals surface area contributed by atoms with Crippen molar-refractivity contribution in [3.05, 3.63) is 68.7 Å². The fourth-order valence-electron chi connectivity index (χ4n) is 4.64. The average Bonchev–Trinajstić information content (AvgIpc) is 3.35. The second-order valence-corrected chi connectivity index (χ2v) is 13.6.